The molecule has 0 spiro atoms. The normalized spacial score (nSPS) is 10.2. The molecular weight excluding hydrogens is 226 g/mol. The molecule has 2 aromatic heterocycles. The van der Waals surface area contributed by atoms with Gasteiger partial charge in [0.15, 0.2) is 0 Å². The summed E-state index contributed by atoms with van der Waals surface area (Å²) in [5, 5.41) is 2.93. The highest BCUT2D eigenvalue weighted by atomic mass is 15.2. The van der Waals surface area contributed by atoms with Crippen molar-refractivity contribution in [2.24, 2.45) is 0 Å². The fourth-order valence-corrected chi connectivity index (χ4v) is 1.69. The lowest BCUT2D eigenvalue weighted by Crippen LogP contribution is -2.19. The monoisotopic (exact) mass is 243 g/mol. The predicted molar refractivity (Wildman–Crippen MR) is 72.7 cm³/mol. The number of hydrogen-bond donors (Lipinski definition) is 1. The Kier molecular flexibility index (Phi) is 3.72. The number of hydrogen-bond acceptors (Lipinski definition) is 5. The molecule has 0 radical (unpaired) electrons. The Bertz CT molecular complexity index is 526. The Morgan fingerprint density at radius 3 is 2.78 bits per heavy atom. The van der Waals surface area contributed by atoms with Gasteiger partial charge in [-0.05, 0) is 25.1 Å². The molecule has 5 heteroatoms. The quantitative estimate of drug-likeness (QED) is 0.888. The summed E-state index contributed by atoms with van der Waals surface area (Å²) in [5.41, 5.74) is 2.06. The zero-order valence-corrected chi connectivity index (χ0v) is 10.9. The summed E-state index contributed by atoms with van der Waals surface area (Å²) in [7, 11) is 3.80. The highest BCUT2D eigenvalue weighted by Gasteiger charge is 2.05. The zero-order chi connectivity index (χ0) is 13.0. The molecule has 0 aliphatic carbocycles. The SMILES string of the molecule is CNc1nccc(N(C)Cc2cccc(C)n2)n1. The Balaban J connectivity index is 2.13. The van der Waals surface area contributed by atoms with Crippen molar-refractivity contribution in [2.75, 3.05) is 24.3 Å². The van der Waals surface area contributed by atoms with Crippen molar-refractivity contribution in [1.29, 1.82) is 0 Å². The Morgan fingerprint density at radius 1 is 1.22 bits per heavy atom. The van der Waals surface area contributed by atoms with E-state index in [-0.39, 0.29) is 0 Å². The van der Waals surface area contributed by atoms with Gasteiger partial charge in [-0.15, -0.1) is 0 Å². The van der Waals surface area contributed by atoms with Crippen LogP contribution in [0.1, 0.15) is 11.4 Å². The molecule has 0 bridgehead atoms. The molecule has 0 aromatic carbocycles. The molecule has 5 nitrogen and oxygen atoms in total. The number of nitrogens with one attached hydrogen (secondary N) is 1. The topological polar surface area (TPSA) is 53.9 Å². The van der Waals surface area contributed by atoms with Crippen LogP contribution >= 0.6 is 0 Å². The van der Waals surface area contributed by atoms with Gasteiger partial charge in [-0.2, -0.15) is 4.98 Å². The van der Waals surface area contributed by atoms with E-state index in [1.54, 1.807) is 13.2 Å². The largest absolute Gasteiger partial charge is 0.357 e. The van der Waals surface area contributed by atoms with Gasteiger partial charge in [0.2, 0.25) is 5.95 Å². The molecule has 18 heavy (non-hydrogen) atoms. The molecule has 0 saturated carbocycles. The summed E-state index contributed by atoms with van der Waals surface area (Å²) in [5.74, 6) is 1.49. The van der Waals surface area contributed by atoms with E-state index in [9.17, 15) is 0 Å². The molecule has 0 unspecified atom stereocenters. The summed E-state index contributed by atoms with van der Waals surface area (Å²) in [4.78, 5) is 15.0. The average molecular weight is 243 g/mol. The molecule has 0 aliphatic rings. The van der Waals surface area contributed by atoms with Crippen LogP contribution in [0.4, 0.5) is 11.8 Å². The van der Waals surface area contributed by atoms with E-state index in [2.05, 4.69) is 20.3 Å². The third kappa shape index (κ3) is 2.94. The van der Waals surface area contributed by atoms with E-state index in [0.29, 0.717) is 5.95 Å². The van der Waals surface area contributed by atoms with Crippen LogP contribution in [0.25, 0.3) is 0 Å². The van der Waals surface area contributed by atoms with Crippen molar-refractivity contribution in [2.45, 2.75) is 13.5 Å². The number of pyridine rings is 1. The number of anilines is 2. The van der Waals surface area contributed by atoms with Gasteiger partial charge in [-0.1, -0.05) is 6.07 Å². The van der Waals surface area contributed by atoms with Gasteiger partial charge in [0.25, 0.3) is 0 Å². The van der Waals surface area contributed by atoms with Crippen molar-refractivity contribution in [3.8, 4) is 0 Å². The van der Waals surface area contributed by atoms with Gasteiger partial charge in [0.05, 0.1) is 12.2 Å². The lowest BCUT2D eigenvalue weighted by molar-refractivity contribution is 0.855. The van der Waals surface area contributed by atoms with E-state index in [1.807, 2.05) is 43.1 Å². The standard InChI is InChI=1S/C13H17N5/c1-10-5-4-6-11(16-10)9-18(3)12-7-8-15-13(14-2)17-12/h4-8H,9H2,1-3H3,(H,14,15,17). The maximum Gasteiger partial charge on any atom is 0.224 e. The Morgan fingerprint density at radius 2 is 2.06 bits per heavy atom. The highest BCUT2D eigenvalue weighted by molar-refractivity contribution is 5.41. The van der Waals surface area contributed by atoms with Gasteiger partial charge in [-0.3, -0.25) is 4.98 Å². The first-order valence-electron chi connectivity index (χ1n) is 5.83. The van der Waals surface area contributed by atoms with Crippen LogP contribution in [-0.4, -0.2) is 29.0 Å². The molecule has 0 fully saturated rings. The van der Waals surface area contributed by atoms with Crippen molar-refractivity contribution >= 4 is 11.8 Å². The number of aryl methyl sites for hydroxylation is 1. The second-order valence-electron chi connectivity index (χ2n) is 4.11. The average Bonchev–Trinajstić information content (AvgIpc) is 2.39. The lowest BCUT2D eigenvalue weighted by atomic mass is 10.3. The summed E-state index contributed by atoms with van der Waals surface area (Å²) in [6.07, 6.45) is 1.74. The van der Waals surface area contributed by atoms with Crippen molar-refractivity contribution in [3.63, 3.8) is 0 Å². The molecule has 0 atom stereocenters. The second kappa shape index (κ2) is 5.44. The van der Waals surface area contributed by atoms with Crippen molar-refractivity contribution < 1.29 is 0 Å². The third-order valence-corrected chi connectivity index (χ3v) is 2.60. The lowest BCUT2D eigenvalue weighted by Gasteiger charge is -2.18. The van der Waals surface area contributed by atoms with Gasteiger partial charge in [0, 0.05) is 26.0 Å². The number of aromatic nitrogens is 3. The van der Waals surface area contributed by atoms with Crippen LogP contribution in [0.3, 0.4) is 0 Å². The minimum atomic E-state index is 0.622. The summed E-state index contributed by atoms with van der Waals surface area (Å²) in [6, 6.07) is 7.91. The van der Waals surface area contributed by atoms with Gasteiger partial charge >= 0.3 is 0 Å². The minimum absolute atomic E-state index is 0.622. The van der Waals surface area contributed by atoms with Crippen molar-refractivity contribution in [3.05, 3.63) is 41.9 Å². The summed E-state index contributed by atoms with van der Waals surface area (Å²) in [6.45, 7) is 2.72. The Hall–Kier alpha value is -2.17. The van der Waals surface area contributed by atoms with E-state index < -0.39 is 0 Å². The van der Waals surface area contributed by atoms with Crippen molar-refractivity contribution in [1.82, 2.24) is 15.0 Å². The molecule has 2 heterocycles. The Labute approximate surface area is 107 Å². The molecule has 0 amide bonds. The van der Waals surface area contributed by atoms with Gasteiger partial charge in [0.1, 0.15) is 5.82 Å². The second-order valence-corrected chi connectivity index (χ2v) is 4.11. The first-order chi connectivity index (χ1) is 8.69. The van der Waals surface area contributed by atoms with Crippen LogP contribution < -0.4 is 10.2 Å². The summed E-state index contributed by atoms with van der Waals surface area (Å²) < 4.78 is 0. The molecule has 1 N–H and O–H groups in total. The first kappa shape index (κ1) is 12.3. The smallest absolute Gasteiger partial charge is 0.224 e. The van der Waals surface area contributed by atoms with E-state index in [1.165, 1.54) is 0 Å². The minimum Gasteiger partial charge on any atom is -0.357 e. The fourth-order valence-electron chi connectivity index (χ4n) is 1.69. The molecule has 2 rings (SSSR count). The van der Waals surface area contributed by atoms with E-state index in [4.69, 9.17) is 0 Å². The van der Waals surface area contributed by atoms with Gasteiger partial charge < -0.3 is 10.2 Å². The predicted octanol–water partition coefficient (Wildman–Crippen LogP) is 1.86. The fraction of sp³-hybridized carbons (Fsp3) is 0.308. The third-order valence-electron chi connectivity index (χ3n) is 2.60. The number of rotatable bonds is 4. The zero-order valence-electron chi connectivity index (χ0n) is 10.9. The van der Waals surface area contributed by atoms with Crippen LogP contribution in [0.15, 0.2) is 30.5 Å². The maximum atomic E-state index is 4.48. The molecule has 2 aromatic rings. The number of nitrogens with zero attached hydrogens (tertiary/aromatic N) is 4. The van der Waals surface area contributed by atoms with E-state index in [0.717, 1.165) is 23.8 Å². The molecule has 0 aliphatic heterocycles. The van der Waals surface area contributed by atoms with Crippen LogP contribution in [-0.2, 0) is 6.54 Å². The van der Waals surface area contributed by atoms with Crippen LogP contribution in [0, 0.1) is 6.92 Å². The summed E-state index contributed by atoms with van der Waals surface area (Å²) >= 11 is 0. The molecular formula is C13H17N5. The molecule has 94 valence electrons. The molecule has 0 saturated heterocycles. The van der Waals surface area contributed by atoms with Crippen LogP contribution in [0.5, 0.6) is 0 Å². The maximum absolute atomic E-state index is 4.48. The van der Waals surface area contributed by atoms with Crippen LogP contribution in [0.2, 0.25) is 0 Å². The van der Waals surface area contributed by atoms with E-state index >= 15 is 0 Å². The highest BCUT2D eigenvalue weighted by Crippen LogP contribution is 2.12. The van der Waals surface area contributed by atoms with Gasteiger partial charge in [-0.25, -0.2) is 4.98 Å². The first-order valence-corrected chi connectivity index (χ1v) is 5.83.